The van der Waals surface area contributed by atoms with E-state index < -0.39 is 150 Å². The first-order chi connectivity index (χ1) is 56.7. The number of amides is 10. The van der Waals surface area contributed by atoms with Gasteiger partial charge in [-0.05, 0) is 132 Å². The number of benzene rings is 4. The molecule has 0 radical (unpaired) electrons. The number of esters is 1. The highest BCUT2D eigenvalue weighted by molar-refractivity contribution is 8.76. The fourth-order valence-electron chi connectivity index (χ4n) is 15.5. The number of hydrogen-bond acceptors (Lipinski definition) is 22. The molecule has 0 saturated carbocycles. The third kappa shape index (κ3) is 23.5. The van der Waals surface area contributed by atoms with Crippen LogP contribution < -0.4 is 47.3 Å². The number of H-pyrrole nitrogens is 1. The number of alkyl carbamates (subject to hydrolysis) is 1. The number of aliphatic hydroxyl groups is 2. The van der Waals surface area contributed by atoms with Crippen molar-refractivity contribution < 1.29 is 91.7 Å². The molecule has 4 bridgehead atoms. The summed E-state index contributed by atoms with van der Waals surface area (Å²) >= 11 is 6.90. The number of carbonyl (C=O) groups excluding carboxylic acids is 11. The lowest BCUT2D eigenvalue weighted by Gasteiger charge is -2.42. The second kappa shape index (κ2) is 41.5. The number of unbranched alkanes of at least 4 members (excludes halogenated alkanes) is 1. The minimum atomic E-state index is -1.92. The van der Waals surface area contributed by atoms with E-state index in [-0.39, 0.29) is 85.7 Å². The molecule has 5 aliphatic rings. The number of halogens is 1. The number of epoxide rings is 1. The lowest BCUT2D eigenvalue weighted by atomic mass is 9.83. The highest BCUT2D eigenvalue weighted by Gasteiger charge is 2.65. The van der Waals surface area contributed by atoms with Gasteiger partial charge in [0, 0.05) is 114 Å². The van der Waals surface area contributed by atoms with Crippen molar-refractivity contribution in [1.29, 1.82) is 0 Å². The van der Waals surface area contributed by atoms with Crippen molar-refractivity contribution in [2.45, 2.75) is 214 Å². The van der Waals surface area contributed by atoms with Crippen molar-refractivity contribution in [2.24, 2.45) is 11.7 Å². The number of likely N-dealkylation sites (N-methyl/N-ethyl adjacent to an activating group) is 2. The van der Waals surface area contributed by atoms with E-state index in [1.807, 2.05) is 37.3 Å². The number of ether oxygens (including phenoxy) is 5. The Hall–Kier alpha value is -9.74. The maximum atomic E-state index is 15.4. The Morgan fingerprint density at radius 2 is 1.45 bits per heavy atom. The summed E-state index contributed by atoms with van der Waals surface area (Å²) < 4.78 is 29.8. The summed E-state index contributed by atoms with van der Waals surface area (Å²) in [7, 11) is 10.2. The first-order valence-corrected chi connectivity index (χ1v) is 42.9. The number of nitrogens with two attached hydrogens (primary N) is 1. The van der Waals surface area contributed by atoms with Crippen LogP contribution in [0.25, 0.3) is 10.9 Å². The van der Waals surface area contributed by atoms with Crippen molar-refractivity contribution in [1.82, 2.24) is 51.6 Å². The Morgan fingerprint density at radius 1 is 0.798 bits per heavy atom. The molecule has 5 aromatic rings. The molecule has 10 rings (SSSR count). The van der Waals surface area contributed by atoms with E-state index in [1.165, 1.54) is 74.9 Å². The molecule has 4 aromatic carbocycles. The van der Waals surface area contributed by atoms with Crippen LogP contribution in [0.4, 0.5) is 10.5 Å². The molecular weight excluding hydrogens is 1590 g/mol. The van der Waals surface area contributed by atoms with Crippen molar-refractivity contribution in [3.05, 3.63) is 148 Å². The minimum absolute atomic E-state index is 0.0178. The predicted octanol–water partition coefficient (Wildman–Crippen LogP) is 5.75. The number of aromatic amines is 1. The number of nitrogens with zero attached hydrogens (tertiary/aromatic N) is 4. The first-order valence-electron chi connectivity index (χ1n) is 40.2. The number of anilines is 1. The number of hydrogen-bond donors (Lipinski definition) is 11. The molecular formula is C85H111ClN12O19S2. The number of aliphatic hydroxyl groups excluding tert-OH is 1. The highest BCUT2D eigenvalue weighted by atomic mass is 35.5. The average Bonchev–Trinajstić information content (AvgIpc) is 1.57. The van der Waals surface area contributed by atoms with Gasteiger partial charge in [0.05, 0.1) is 31.4 Å². The fraction of sp³-hybridized carbons (Fsp3) is 0.518. The van der Waals surface area contributed by atoms with Crippen LogP contribution in [-0.2, 0) is 92.6 Å². The largest absolute Gasteiger partial charge is 0.508 e. The summed E-state index contributed by atoms with van der Waals surface area (Å²) in [5.74, 6) is -7.21. The first kappa shape index (κ1) is 91.6. The molecule has 0 unspecified atom stereocenters. The van der Waals surface area contributed by atoms with Crippen LogP contribution in [-0.4, -0.2) is 250 Å². The van der Waals surface area contributed by atoms with E-state index in [0.29, 0.717) is 79.1 Å². The quantitative estimate of drug-likeness (QED) is 0.0152. The van der Waals surface area contributed by atoms with Crippen molar-refractivity contribution in [2.75, 3.05) is 65.6 Å². The molecule has 31 nitrogen and oxygen atoms in total. The number of piperidine rings is 1. The fourth-order valence-corrected chi connectivity index (χ4v) is 18.5. The topological polar surface area (TPSA) is 425 Å². The number of nitrogens with one attached hydrogen (secondary N) is 7. The third-order valence-electron chi connectivity index (χ3n) is 23.0. The number of likely N-dealkylation sites (tertiary alicyclic amines) is 1. The molecule has 4 fully saturated rings. The maximum Gasteiger partial charge on any atom is 0.409 e. The number of methoxy groups -OCH3 is 2. The van der Waals surface area contributed by atoms with Crippen LogP contribution in [0.5, 0.6) is 11.5 Å². The van der Waals surface area contributed by atoms with Gasteiger partial charge in [0.25, 0.3) is 0 Å². The lowest BCUT2D eigenvalue weighted by Crippen LogP contribution is -2.63. The van der Waals surface area contributed by atoms with Gasteiger partial charge in [0.1, 0.15) is 82.7 Å². The van der Waals surface area contributed by atoms with Crippen LogP contribution in [0.1, 0.15) is 121 Å². The number of aromatic hydroxyl groups is 1. The summed E-state index contributed by atoms with van der Waals surface area (Å²) in [5, 5.41) is 50.9. The van der Waals surface area contributed by atoms with E-state index >= 15 is 14.4 Å². The molecule has 5 aliphatic heterocycles. The molecule has 1 aromatic heterocycles. The summed E-state index contributed by atoms with van der Waals surface area (Å²) in [6.45, 7) is 9.02. The number of allylic oxidation sites excluding steroid dienone is 3. The van der Waals surface area contributed by atoms with E-state index in [1.54, 1.807) is 110 Å². The zero-order valence-corrected chi connectivity index (χ0v) is 71.1. The molecule has 10 amide bonds. The van der Waals surface area contributed by atoms with Gasteiger partial charge in [-0.3, -0.25) is 48.5 Å². The predicted molar refractivity (Wildman–Crippen MR) is 449 cm³/mol. The number of phenolic OH excluding ortho intramolecular Hbond substituents is 1. The standard InChI is InChI=1S/C85H111ClN12O19S2/c1-48-19-18-25-68(114-10)85(112)46-67(115-83(111)94-85)49(2)75-84(5,117-75)69(45-72(103)96(7)65-42-54(39-48)43-66(113-9)73(65)86)116-82(110)50(3)95(6)70(101)34-38-118-119-57-32-36-98(37-33-57)71(102)31-30-64-79(107)91-61(40-53-26-28-56(100)29-27-53)77(105)90-62(44-55-47-88-59-23-15-14-22-58(55)59)78(106)89-60(24-16-17-35-87)76(104)93-74(51(4)99)80(108)92-63(81(109)97(64)8)41-52-20-12-11-13-21-52/h11-15,18-23,25-29,42-43,47,49-51,57,60-64,67-69,74-75,88,99-100,112H,16-17,24,30-41,44-46,87H2,1-10H3,(H,89,106)(H,90,105)(H,91,107)(H,92,108)(H,93,104)(H,94,111)/b25-18+,48-19+/t49-,50+,51-,60+,61+,62-,63+,64+,67+,68-,69+,74+,75+,84+,85+/m1/s1. The van der Waals surface area contributed by atoms with E-state index in [2.05, 4.69) is 36.9 Å². The monoisotopic (exact) mass is 1700 g/mol. The van der Waals surface area contributed by atoms with Gasteiger partial charge in [-0.25, -0.2) is 9.59 Å². The van der Waals surface area contributed by atoms with Crippen LogP contribution >= 0.6 is 33.2 Å². The molecule has 15 atom stereocenters. The zero-order chi connectivity index (χ0) is 86.2. The normalized spacial score (nSPS) is 27.2. The van der Waals surface area contributed by atoms with Gasteiger partial charge in [-0.15, -0.1) is 0 Å². The van der Waals surface area contributed by atoms with Crippen molar-refractivity contribution in [3.63, 3.8) is 0 Å². The molecule has 6 heterocycles. The highest BCUT2D eigenvalue weighted by Crippen LogP contribution is 2.50. The summed E-state index contributed by atoms with van der Waals surface area (Å²) in [5.41, 5.74) is 6.97. The number of carbonyl (C=O) groups is 11. The molecule has 4 saturated heterocycles. The number of para-hydroxylation sites is 1. The molecule has 34 heteroatoms. The Labute approximate surface area is 705 Å². The van der Waals surface area contributed by atoms with Crippen LogP contribution in [0.3, 0.4) is 0 Å². The van der Waals surface area contributed by atoms with E-state index in [4.69, 9.17) is 41.0 Å². The Balaban J connectivity index is 0.810. The Kier molecular flexibility index (Phi) is 31.9. The minimum Gasteiger partial charge on any atom is -0.508 e. The summed E-state index contributed by atoms with van der Waals surface area (Å²) in [4.78, 5) is 169. The van der Waals surface area contributed by atoms with Crippen LogP contribution in [0.15, 0.2) is 121 Å². The number of fused-ring (bicyclic) bond motifs is 6. The summed E-state index contributed by atoms with van der Waals surface area (Å²) in [6.07, 6.45) is 1.17. The molecule has 0 spiro atoms. The van der Waals surface area contributed by atoms with Gasteiger partial charge in [0.2, 0.25) is 53.2 Å². The summed E-state index contributed by atoms with van der Waals surface area (Å²) in [6, 6.07) is 15.4. The van der Waals surface area contributed by atoms with E-state index in [9.17, 15) is 53.7 Å². The second-order valence-corrected chi connectivity index (χ2v) is 34.7. The van der Waals surface area contributed by atoms with E-state index in [0.717, 1.165) is 26.9 Å². The maximum absolute atomic E-state index is 15.4. The number of phenols is 1. The SMILES string of the molecule is COc1cc2cc(c1Cl)N(C)C(=O)C[C@H](OC(=O)[C@H](C)N(C)C(=O)CCSSC1CCN(C(=O)CC[C@H]3C(=O)N[C@@H](Cc4ccc(O)cc4)C(=O)N[C@H](Cc4c[nH]c5ccccc45)C(=O)N[C@@H](CCCCN)C(=O)N[C@@H]([C@@H](C)O)C(=O)N[C@@H](Cc4ccccc4)C(=O)N3C)CC1)[C@]1(C)O[C@H]1[C@H](C)[C@@H]1C[C@@](O)(NC(=O)O1)[C@H](OC)/C=C/C=C(\C)C2. The Morgan fingerprint density at radius 3 is 2.13 bits per heavy atom. The van der Waals surface area contributed by atoms with Crippen LogP contribution in [0.2, 0.25) is 5.02 Å². The Bertz CT molecular complexity index is 4530. The molecule has 12 N–H and O–H groups in total. The van der Waals surface area contributed by atoms with Crippen LogP contribution in [0, 0.1) is 5.92 Å². The average molecular weight is 1700 g/mol. The molecule has 644 valence electrons. The van der Waals surface area contributed by atoms with Gasteiger partial charge in [-0.2, -0.15) is 0 Å². The zero-order valence-electron chi connectivity index (χ0n) is 68.7. The molecule has 0 aliphatic carbocycles. The smallest absolute Gasteiger partial charge is 0.409 e. The van der Waals surface area contributed by atoms with Crippen molar-refractivity contribution >= 4 is 115 Å². The number of rotatable bonds is 24. The van der Waals surface area contributed by atoms with Gasteiger partial charge in [-0.1, -0.05) is 125 Å². The lowest BCUT2D eigenvalue weighted by molar-refractivity contribution is -0.162. The van der Waals surface area contributed by atoms with Crippen molar-refractivity contribution in [3.8, 4) is 11.5 Å². The van der Waals surface area contributed by atoms with Gasteiger partial charge in [0.15, 0.2) is 5.72 Å². The molecule has 119 heavy (non-hydrogen) atoms. The number of aromatic nitrogens is 1. The second-order valence-electron chi connectivity index (χ2n) is 31.5. The third-order valence-corrected chi connectivity index (χ3v) is 26.3. The van der Waals surface area contributed by atoms with Gasteiger partial charge < -0.3 is 95.9 Å². The van der Waals surface area contributed by atoms with Gasteiger partial charge >= 0.3 is 12.1 Å².